The molecule has 3 rings (SSSR count). The highest BCUT2D eigenvalue weighted by Crippen LogP contribution is 2.38. The molecular formula is C22H27ClN2O6S. The third-order valence-electron chi connectivity index (χ3n) is 5.68. The molecule has 1 saturated heterocycles. The van der Waals surface area contributed by atoms with Crippen LogP contribution in [0.1, 0.15) is 31.4 Å². The van der Waals surface area contributed by atoms with Crippen LogP contribution in [0.15, 0.2) is 47.4 Å². The first-order valence-corrected chi connectivity index (χ1v) is 11.9. The maximum absolute atomic E-state index is 13.3. The Kier molecular flexibility index (Phi) is 7.16. The van der Waals surface area contributed by atoms with Crippen LogP contribution in [0.25, 0.3) is 0 Å². The molecule has 2 aromatic carbocycles. The summed E-state index contributed by atoms with van der Waals surface area (Å²) in [4.78, 5) is 12.3. The Morgan fingerprint density at radius 1 is 1.25 bits per heavy atom. The summed E-state index contributed by atoms with van der Waals surface area (Å²) < 4.78 is 33.3. The quantitative estimate of drug-likeness (QED) is 0.430. The zero-order chi connectivity index (χ0) is 23.7. The van der Waals surface area contributed by atoms with Crippen LogP contribution in [0.3, 0.4) is 0 Å². The fourth-order valence-corrected chi connectivity index (χ4v) is 6.04. The molecule has 3 N–H and O–H groups in total. The van der Waals surface area contributed by atoms with Crippen LogP contribution in [0, 0.1) is 12.3 Å². The Balaban J connectivity index is 1.83. The molecule has 1 heterocycles. The summed E-state index contributed by atoms with van der Waals surface area (Å²) in [6.07, 6.45) is -0.724. The molecule has 1 aliphatic rings. The highest BCUT2D eigenvalue weighted by Gasteiger charge is 2.50. The Morgan fingerprint density at radius 2 is 1.91 bits per heavy atom. The van der Waals surface area contributed by atoms with Crippen molar-refractivity contribution < 1.29 is 28.3 Å². The number of rotatable bonds is 6. The fraction of sp³-hybridized carbons (Fsp3) is 0.409. The summed E-state index contributed by atoms with van der Waals surface area (Å²) in [5.41, 5.74) is 2.59. The first-order chi connectivity index (χ1) is 15.0. The number of halogens is 1. The molecule has 2 atom stereocenters. The molecular weight excluding hydrogens is 456 g/mol. The summed E-state index contributed by atoms with van der Waals surface area (Å²) in [6, 6.07) is 10.1. The normalized spacial score (nSPS) is 21.2. The van der Waals surface area contributed by atoms with Crippen LogP contribution < -0.4 is 10.2 Å². The zero-order valence-electron chi connectivity index (χ0n) is 18.1. The monoisotopic (exact) mass is 482 g/mol. The van der Waals surface area contributed by atoms with E-state index >= 15 is 0 Å². The van der Waals surface area contributed by atoms with Gasteiger partial charge in [-0.3, -0.25) is 10.0 Å². The minimum Gasteiger partial charge on any atom is -0.489 e. The number of ether oxygens (including phenoxy) is 1. The second kappa shape index (κ2) is 9.36. The van der Waals surface area contributed by atoms with E-state index < -0.39 is 33.5 Å². The summed E-state index contributed by atoms with van der Waals surface area (Å²) in [5, 5.41) is 20.0. The Bertz CT molecular complexity index is 1090. The number of piperidine rings is 1. The van der Waals surface area contributed by atoms with Crippen LogP contribution in [0.4, 0.5) is 0 Å². The Labute approximate surface area is 192 Å². The fourth-order valence-electron chi connectivity index (χ4n) is 4.07. The Morgan fingerprint density at radius 3 is 2.53 bits per heavy atom. The molecule has 10 heteroatoms. The molecule has 174 valence electrons. The molecule has 0 aliphatic carbocycles. The number of amides is 1. The highest BCUT2D eigenvalue weighted by molar-refractivity contribution is 7.89. The molecule has 0 aromatic heterocycles. The van der Waals surface area contributed by atoms with Gasteiger partial charge < -0.3 is 9.84 Å². The molecule has 0 spiro atoms. The van der Waals surface area contributed by atoms with Gasteiger partial charge in [0, 0.05) is 11.6 Å². The van der Waals surface area contributed by atoms with E-state index in [1.807, 2.05) is 19.1 Å². The van der Waals surface area contributed by atoms with Crippen LogP contribution in [-0.2, 0) is 21.4 Å². The summed E-state index contributed by atoms with van der Waals surface area (Å²) in [7, 11) is -4.14. The van der Waals surface area contributed by atoms with Crippen molar-refractivity contribution in [2.24, 2.45) is 5.41 Å². The number of hydrogen-bond donors (Lipinski definition) is 3. The van der Waals surface area contributed by atoms with Crippen molar-refractivity contribution in [1.82, 2.24) is 9.79 Å². The number of β-amino-alcohol motifs (C(OH)–C–C–N with tert-alkyl or cyclic N) is 1. The van der Waals surface area contributed by atoms with Gasteiger partial charge in [0.05, 0.1) is 11.0 Å². The standard InChI is InChI=1S/C22H27ClN2O6S/c1-14-4-5-16(23)10-15(14)13-31-18-6-8-19(9-7-18)32(29,30)25-12-17(26)11-22(2,3)20(25)21(27)24-28/h4-10,17,20,26,28H,11-13H2,1-3H3,(H,24,27)/t17-,20+/m1/s1. The van der Waals surface area contributed by atoms with Gasteiger partial charge in [0.2, 0.25) is 10.0 Å². The predicted octanol–water partition coefficient (Wildman–Crippen LogP) is 2.88. The first kappa shape index (κ1) is 24.5. The van der Waals surface area contributed by atoms with Crippen LogP contribution >= 0.6 is 11.6 Å². The van der Waals surface area contributed by atoms with E-state index in [0.717, 1.165) is 15.4 Å². The van der Waals surface area contributed by atoms with Crippen molar-refractivity contribution in [2.45, 2.75) is 50.8 Å². The van der Waals surface area contributed by atoms with Gasteiger partial charge in [0.1, 0.15) is 18.4 Å². The number of aryl methyl sites for hydroxylation is 1. The SMILES string of the molecule is Cc1ccc(Cl)cc1COc1ccc(S(=O)(=O)N2C[C@H](O)CC(C)(C)[C@@H]2C(=O)NO)cc1. The number of carbonyl (C=O) groups is 1. The van der Waals surface area contributed by atoms with Crippen molar-refractivity contribution in [3.05, 3.63) is 58.6 Å². The first-order valence-electron chi connectivity index (χ1n) is 10.1. The number of hydrogen-bond acceptors (Lipinski definition) is 6. The average molecular weight is 483 g/mol. The highest BCUT2D eigenvalue weighted by atomic mass is 35.5. The Hall–Kier alpha value is -2.17. The van der Waals surface area contributed by atoms with Crippen molar-refractivity contribution >= 4 is 27.5 Å². The lowest BCUT2D eigenvalue weighted by Crippen LogP contribution is -2.62. The number of sulfonamides is 1. The van der Waals surface area contributed by atoms with E-state index in [1.54, 1.807) is 25.4 Å². The van der Waals surface area contributed by atoms with E-state index in [0.29, 0.717) is 10.8 Å². The van der Waals surface area contributed by atoms with Gasteiger partial charge in [0.25, 0.3) is 5.91 Å². The van der Waals surface area contributed by atoms with Gasteiger partial charge in [-0.2, -0.15) is 4.31 Å². The molecule has 8 nitrogen and oxygen atoms in total. The number of benzene rings is 2. The van der Waals surface area contributed by atoms with E-state index in [-0.39, 0.29) is 24.5 Å². The number of hydroxylamine groups is 1. The van der Waals surface area contributed by atoms with Crippen molar-refractivity contribution in [1.29, 1.82) is 0 Å². The summed E-state index contributed by atoms with van der Waals surface area (Å²) >= 11 is 6.03. The minimum absolute atomic E-state index is 0.0515. The van der Waals surface area contributed by atoms with E-state index in [9.17, 15) is 18.3 Å². The molecule has 1 fully saturated rings. The van der Waals surface area contributed by atoms with Crippen LogP contribution in [0.5, 0.6) is 5.75 Å². The molecule has 0 unspecified atom stereocenters. The zero-order valence-corrected chi connectivity index (χ0v) is 19.7. The van der Waals surface area contributed by atoms with Crippen molar-refractivity contribution in [3.8, 4) is 5.75 Å². The van der Waals surface area contributed by atoms with Gasteiger partial charge in [0.15, 0.2) is 0 Å². The molecule has 32 heavy (non-hydrogen) atoms. The lowest BCUT2D eigenvalue weighted by atomic mass is 9.76. The lowest BCUT2D eigenvalue weighted by molar-refractivity contribution is -0.140. The van der Waals surface area contributed by atoms with Crippen molar-refractivity contribution in [2.75, 3.05) is 6.54 Å². The molecule has 0 saturated carbocycles. The van der Waals surface area contributed by atoms with Gasteiger partial charge in [-0.1, -0.05) is 31.5 Å². The van der Waals surface area contributed by atoms with Crippen molar-refractivity contribution in [3.63, 3.8) is 0 Å². The van der Waals surface area contributed by atoms with Gasteiger partial charge in [-0.05, 0) is 66.3 Å². The molecule has 2 aromatic rings. The summed E-state index contributed by atoms with van der Waals surface area (Å²) in [5.74, 6) is -0.380. The van der Waals surface area contributed by atoms with E-state index in [4.69, 9.17) is 21.5 Å². The van der Waals surface area contributed by atoms with Crippen LogP contribution in [0.2, 0.25) is 5.02 Å². The lowest BCUT2D eigenvalue weighted by Gasteiger charge is -2.45. The average Bonchev–Trinajstić information content (AvgIpc) is 2.73. The number of nitrogens with one attached hydrogen (secondary N) is 1. The van der Waals surface area contributed by atoms with Gasteiger partial charge >= 0.3 is 0 Å². The van der Waals surface area contributed by atoms with Gasteiger partial charge in [-0.15, -0.1) is 0 Å². The van der Waals surface area contributed by atoms with E-state index in [1.165, 1.54) is 24.3 Å². The third-order valence-corrected chi connectivity index (χ3v) is 7.76. The molecule has 1 aliphatic heterocycles. The van der Waals surface area contributed by atoms with E-state index in [2.05, 4.69) is 0 Å². The summed E-state index contributed by atoms with van der Waals surface area (Å²) in [6.45, 7) is 5.30. The maximum atomic E-state index is 13.3. The second-order valence-electron chi connectivity index (χ2n) is 8.63. The third kappa shape index (κ3) is 5.07. The maximum Gasteiger partial charge on any atom is 0.262 e. The smallest absolute Gasteiger partial charge is 0.262 e. The number of carbonyl (C=O) groups excluding carboxylic acids is 1. The molecule has 0 radical (unpaired) electrons. The van der Waals surface area contributed by atoms with Crippen LogP contribution in [-0.4, -0.2) is 47.6 Å². The largest absolute Gasteiger partial charge is 0.489 e. The molecule has 1 amide bonds. The molecule has 0 bridgehead atoms. The van der Waals surface area contributed by atoms with Gasteiger partial charge in [-0.25, -0.2) is 13.9 Å². The number of aliphatic hydroxyl groups excluding tert-OH is 1. The topological polar surface area (TPSA) is 116 Å². The number of aliphatic hydroxyl groups is 1. The predicted molar refractivity (Wildman–Crippen MR) is 119 cm³/mol. The minimum atomic E-state index is -4.14. The second-order valence-corrected chi connectivity index (χ2v) is 11.0. The number of nitrogens with zero attached hydrogens (tertiary/aromatic N) is 1.